The highest BCUT2D eigenvalue weighted by Gasteiger charge is 2.75. The van der Waals surface area contributed by atoms with Crippen LogP contribution in [-0.4, -0.2) is 64.8 Å². The number of carbonyl (C=O) groups is 6. The van der Waals surface area contributed by atoms with Crippen molar-refractivity contribution in [2.75, 3.05) is 11.9 Å². The van der Waals surface area contributed by atoms with Crippen LogP contribution in [0.4, 0.5) is 5.69 Å². The van der Waals surface area contributed by atoms with Crippen LogP contribution in [0.1, 0.15) is 236 Å². The van der Waals surface area contributed by atoms with Gasteiger partial charge in [-0.05, 0) is 263 Å². The van der Waals surface area contributed by atoms with Crippen molar-refractivity contribution >= 4 is 40.6 Å². The van der Waals surface area contributed by atoms with Gasteiger partial charge >= 0.3 is 5.97 Å². The number of nitrogens with zero attached hydrogens (tertiary/aromatic N) is 1. The van der Waals surface area contributed by atoms with Gasteiger partial charge in [0.25, 0.3) is 0 Å². The molecule has 0 aliphatic heterocycles. The molecule has 0 radical (unpaired) electrons. The van der Waals surface area contributed by atoms with E-state index in [2.05, 4.69) is 112 Å². The summed E-state index contributed by atoms with van der Waals surface area (Å²) in [6, 6.07) is 9.30. The molecule has 0 heterocycles. The van der Waals surface area contributed by atoms with Crippen molar-refractivity contribution in [3.8, 4) is 0 Å². The van der Waals surface area contributed by atoms with Gasteiger partial charge in [-0.15, -0.1) is 0 Å². The van der Waals surface area contributed by atoms with Crippen molar-refractivity contribution in [1.29, 1.82) is 0 Å². The average Bonchev–Trinajstić information content (AvgIpc) is 1.62. The van der Waals surface area contributed by atoms with Crippen molar-refractivity contribution in [3.63, 3.8) is 0 Å². The SMILES string of the molecule is CC(=O)O[C@]1(C(C)=O)CC[C@]2(C)[C@]1(C)C[C@H](c1ccc(N(C)C(C)C)cc1)C1=C3CCC(=O)C=C3CC[C@]12C.CC(C)[C@H]1C[C@]2(C)C(=O)CC[C@H]2[C@@H]2CCC3=CC(=O)CCC3=C21.CC(C)[C@H]1C[C@]2(C)[C@@H](O)CC[C@H]2[C@@H]2CCC3=CC(=O)CCC3=C21. The molecule has 14 atom stereocenters. The maximum Gasteiger partial charge on any atom is 0.303 e. The fraction of sp³-hybridized carbons (Fsp3) is 0.684. The molecule has 9 heteroatoms. The minimum absolute atomic E-state index is 0.0454. The number of Topliss-reactive ketones (excluding diaryl/α,β-unsaturated/α-hetero) is 2. The number of hydrogen-bond acceptors (Lipinski definition) is 9. The molecule has 1 aromatic rings. The first-order valence-corrected chi connectivity index (χ1v) is 33.7. The quantitative estimate of drug-likeness (QED) is 0.265. The van der Waals surface area contributed by atoms with Crippen molar-refractivity contribution in [3.05, 3.63) is 98.2 Å². The lowest BCUT2D eigenvalue weighted by molar-refractivity contribution is -0.194. The molecular formula is C76H103NO8. The van der Waals surface area contributed by atoms with Crippen molar-refractivity contribution in [2.24, 2.45) is 74.4 Å². The molecule has 12 aliphatic carbocycles. The topological polar surface area (TPSA) is 135 Å². The maximum absolute atomic E-state index is 13.5. The zero-order valence-corrected chi connectivity index (χ0v) is 54.5. The van der Waals surface area contributed by atoms with E-state index in [9.17, 15) is 33.9 Å². The van der Waals surface area contributed by atoms with E-state index in [0.29, 0.717) is 96.4 Å². The summed E-state index contributed by atoms with van der Waals surface area (Å²) < 4.78 is 6.14. The Hall–Kier alpha value is -4.76. The van der Waals surface area contributed by atoms with Gasteiger partial charge in [-0.3, -0.25) is 28.8 Å². The Bertz CT molecular complexity index is 3160. The molecular weight excluding hydrogens is 1050 g/mol. The maximum atomic E-state index is 13.5. The number of ketones is 5. The molecule has 0 amide bonds. The summed E-state index contributed by atoms with van der Waals surface area (Å²) in [5.74, 6) is 5.74. The molecule has 85 heavy (non-hydrogen) atoms. The first-order chi connectivity index (χ1) is 40.0. The number of hydrogen-bond donors (Lipinski definition) is 1. The smallest absolute Gasteiger partial charge is 0.303 e. The number of benzene rings is 1. The van der Waals surface area contributed by atoms with E-state index in [-0.39, 0.29) is 51.2 Å². The summed E-state index contributed by atoms with van der Waals surface area (Å²) in [6.45, 7) is 28.3. The molecule has 9 nitrogen and oxygen atoms in total. The zero-order chi connectivity index (χ0) is 61.2. The van der Waals surface area contributed by atoms with Crippen LogP contribution in [0.15, 0.2) is 92.7 Å². The number of rotatable bonds is 7. The Morgan fingerprint density at radius 3 is 1.64 bits per heavy atom. The summed E-state index contributed by atoms with van der Waals surface area (Å²) >= 11 is 0. The molecule has 1 aromatic carbocycles. The summed E-state index contributed by atoms with van der Waals surface area (Å²) in [5, 5.41) is 10.7. The van der Waals surface area contributed by atoms with Gasteiger partial charge in [0, 0.05) is 68.1 Å². The van der Waals surface area contributed by atoms with Gasteiger partial charge in [0.1, 0.15) is 5.78 Å². The number of aliphatic hydroxyl groups excluding tert-OH is 1. The summed E-state index contributed by atoms with van der Waals surface area (Å²) in [4.78, 5) is 77.0. The number of allylic oxidation sites excluding steroid dienone is 12. The average molecular weight is 1160 g/mol. The van der Waals surface area contributed by atoms with Gasteiger partial charge in [0.15, 0.2) is 28.7 Å². The van der Waals surface area contributed by atoms with Gasteiger partial charge < -0.3 is 14.7 Å². The molecule has 0 unspecified atom stereocenters. The molecule has 12 aliphatic rings. The predicted molar refractivity (Wildman–Crippen MR) is 337 cm³/mol. The molecule has 6 saturated carbocycles. The highest BCUT2D eigenvalue weighted by molar-refractivity contribution is 5.95. The summed E-state index contributed by atoms with van der Waals surface area (Å²) in [6.07, 6.45) is 24.8. The minimum Gasteiger partial charge on any atom is -0.451 e. The Morgan fingerprint density at radius 2 is 1.11 bits per heavy atom. The van der Waals surface area contributed by atoms with E-state index in [4.69, 9.17) is 4.74 Å². The zero-order valence-electron chi connectivity index (χ0n) is 54.5. The van der Waals surface area contributed by atoms with Crippen molar-refractivity contribution in [1.82, 2.24) is 0 Å². The number of aliphatic hydroxyl groups is 1. The van der Waals surface area contributed by atoms with Gasteiger partial charge in [0.2, 0.25) is 0 Å². The monoisotopic (exact) mass is 1160 g/mol. The number of ether oxygens (including phenoxy) is 1. The fourth-order valence-electron chi connectivity index (χ4n) is 21.5. The van der Waals surface area contributed by atoms with Crippen LogP contribution >= 0.6 is 0 Å². The molecule has 0 saturated heterocycles. The number of esters is 1. The van der Waals surface area contributed by atoms with E-state index in [1.165, 1.54) is 64.5 Å². The Balaban J connectivity index is 0.000000140. The van der Waals surface area contributed by atoms with Crippen LogP contribution in [0.5, 0.6) is 0 Å². The second-order valence-corrected chi connectivity index (χ2v) is 31.3. The van der Waals surface area contributed by atoms with Crippen molar-refractivity contribution in [2.45, 2.75) is 249 Å². The van der Waals surface area contributed by atoms with Crippen LogP contribution < -0.4 is 4.90 Å². The standard InChI is InChI=1S/C34H45NO4.C21H30O2.C21H28O2/c1-21(2)35(8)26-11-9-24(10-12-26)29-20-33(7)32(6,17-18-34(33,22(3)36)39-23(4)37)31(5)16-15-25-19-27(38)13-14-28(25)30(29)31;2*1-12(2)17-11-21(3)18(8-9-19(21)23)16-6-4-13-10-14(22)5-7-15(13)20(16)17/h9-12,19,21,29H,13-18,20H2,1-8H3;10,12,16-19,23H,4-9,11H2,1-3H3;10,12,16-18H,4-9,11H2,1-3H3/t29-,31-,32+,33+,34+;16-,17+,18-,19-,21-;16-,17+,18-,21-/m100/s1. The third kappa shape index (κ3) is 9.75. The first kappa shape index (κ1) is 61.9. The third-order valence-electron chi connectivity index (χ3n) is 26.6. The molecule has 0 bridgehead atoms. The number of anilines is 1. The fourth-order valence-corrected chi connectivity index (χ4v) is 21.5. The van der Waals surface area contributed by atoms with Crippen LogP contribution in [-0.2, 0) is 33.5 Å². The van der Waals surface area contributed by atoms with Gasteiger partial charge in [-0.1, -0.05) is 91.2 Å². The summed E-state index contributed by atoms with van der Waals surface area (Å²) in [5.41, 5.74) is 13.4. The molecule has 1 N–H and O–H groups in total. The molecule has 13 rings (SSSR count). The van der Waals surface area contributed by atoms with E-state index < -0.39 is 11.0 Å². The van der Waals surface area contributed by atoms with Crippen LogP contribution in [0.3, 0.4) is 0 Å². The third-order valence-corrected chi connectivity index (χ3v) is 26.6. The Morgan fingerprint density at radius 1 is 0.576 bits per heavy atom. The molecule has 460 valence electrons. The Labute approximate surface area is 509 Å². The molecule has 6 fully saturated rings. The minimum atomic E-state index is -1.14. The lowest BCUT2D eigenvalue weighted by atomic mass is 9.39. The molecule has 0 aromatic heterocycles. The largest absolute Gasteiger partial charge is 0.451 e. The van der Waals surface area contributed by atoms with Gasteiger partial charge in [-0.2, -0.15) is 0 Å². The lowest BCUT2D eigenvalue weighted by Gasteiger charge is -2.65. The van der Waals surface area contributed by atoms with Crippen LogP contribution in [0, 0.1) is 74.4 Å². The van der Waals surface area contributed by atoms with E-state index >= 15 is 0 Å². The highest BCUT2D eigenvalue weighted by atomic mass is 16.6. The van der Waals surface area contributed by atoms with E-state index in [1.807, 2.05) is 18.2 Å². The Kier molecular flexibility index (Phi) is 16.3. The normalized spacial score (nSPS) is 38.9. The van der Waals surface area contributed by atoms with Gasteiger partial charge in [-0.25, -0.2) is 0 Å². The van der Waals surface area contributed by atoms with Crippen molar-refractivity contribution < 1.29 is 38.6 Å². The van der Waals surface area contributed by atoms with E-state index in [1.54, 1.807) is 23.6 Å². The van der Waals surface area contributed by atoms with E-state index in [0.717, 1.165) is 96.3 Å². The second-order valence-electron chi connectivity index (χ2n) is 31.3. The molecule has 0 spiro atoms. The van der Waals surface area contributed by atoms with Crippen LogP contribution in [0.25, 0.3) is 0 Å². The summed E-state index contributed by atoms with van der Waals surface area (Å²) in [7, 11) is 2.12. The first-order valence-electron chi connectivity index (χ1n) is 33.7. The predicted octanol–water partition coefficient (Wildman–Crippen LogP) is 16.2. The highest BCUT2D eigenvalue weighted by Crippen LogP contribution is 2.78. The van der Waals surface area contributed by atoms with Crippen LogP contribution in [0.2, 0.25) is 0 Å². The second kappa shape index (κ2) is 22.4. The number of fused-ring (bicyclic) bond motifs is 12. The lowest BCUT2D eigenvalue weighted by Crippen LogP contribution is -2.63. The van der Waals surface area contributed by atoms with Gasteiger partial charge in [0.05, 0.1) is 6.10 Å². The number of carbonyl (C=O) groups excluding carboxylic acids is 6.